The minimum absolute atomic E-state index is 0.329. The molecule has 17 heavy (non-hydrogen) atoms. The Hall–Kier alpha value is -2.56. The zero-order chi connectivity index (χ0) is 11.8. The third kappa shape index (κ3) is 1.40. The molecule has 84 valence electrons. The largest absolute Gasteiger partial charge is 0.379 e. The number of rotatable bonds is 1. The van der Waals surface area contributed by atoms with E-state index in [0.717, 1.165) is 11.3 Å². The van der Waals surface area contributed by atoms with Gasteiger partial charge in [-0.3, -0.25) is 4.79 Å². The van der Waals surface area contributed by atoms with E-state index in [1.165, 1.54) is 0 Å². The van der Waals surface area contributed by atoms with Crippen molar-refractivity contribution in [2.45, 2.75) is 0 Å². The van der Waals surface area contributed by atoms with E-state index in [9.17, 15) is 4.79 Å². The number of H-pyrrole nitrogens is 1. The summed E-state index contributed by atoms with van der Waals surface area (Å²) in [7, 11) is 0. The maximum atomic E-state index is 11.5. The van der Waals surface area contributed by atoms with Gasteiger partial charge in [-0.05, 0) is 6.07 Å². The summed E-state index contributed by atoms with van der Waals surface area (Å²) in [6, 6.07) is 5.51. The smallest absolute Gasteiger partial charge is 0.284 e. The quantitative estimate of drug-likeness (QED) is 0.726. The summed E-state index contributed by atoms with van der Waals surface area (Å²) in [5, 5.41) is 0. The highest BCUT2D eigenvalue weighted by molar-refractivity contribution is 6.21. The second kappa shape index (κ2) is 3.48. The highest BCUT2D eigenvalue weighted by Gasteiger charge is 2.24. The SMILES string of the molecule is C=C1C(=O)NOc2cccc(-c3cnc[nH]3)c21. The number of nitrogens with one attached hydrogen (secondary N) is 2. The molecule has 0 radical (unpaired) electrons. The highest BCUT2D eigenvalue weighted by Crippen LogP contribution is 2.36. The molecule has 0 bridgehead atoms. The lowest BCUT2D eigenvalue weighted by molar-refractivity contribution is -0.122. The van der Waals surface area contributed by atoms with Crippen molar-refractivity contribution in [1.82, 2.24) is 15.4 Å². The topological polar surface area (TPSA) is 67.0 Å². The number of amides is 1. The minimum atomic E-state index is -0.329. The van der Waals surface area contributed by atoms with Crippen LogP contribution in [-0.4, -0.2) is 15.9 Å². The number of nitrogens with zero attached hydrogens (tertiary/aromatic N) is 1. The third-order valence-corrected chi connectivity index (χ3v) is 2.64. The summed E-state index contributed by atoms with van der Waals surface area (Å²) in [6.07, 6.45) is 3.27. The fraction of sp³-hybridized carbons (Fsp3) is 0. The molecule has 1 aromatic heterocycles. The van der Waals surface area contributed by atoms with Gasteiger partial charge in [-0.25, -0.2) is 4.98 Å². The number of carbonyl (C=O) groups is 1. The molecule has 0 atom stereocenters. The first kappa shape index (κ1) is 9.65. The Morgan fingerprint density at radius 1 is 1.35 bits per heavy atom. The zero-order valence-electron chi connectivity index (χ0n) is 8.86. The van der Waals surface area contributed by atoms with E-state index in [2.05, 4.69) is 22.0 Å². The summed E-state index contributed by atoms with van der Waals surface area (Å²) in [5.41, 5.74) is 5.04. The number of hydrogen-bond acceptors (Lipinski definition) is 3. The van der Waals surface area contributed by atoms with Crippen molar-refractivity contribution in [3.05, 3.63) is 42.9 Å². The van der Waals surface area contributed by atoms with Gasteiger partial charge >= 0.3 is 0 Å². The minimum Gasteiger partial charge on any atom is -0.379 e. The predicted octanol–water partition coefficient (Wildman–Crippen LogP) is 1.51. The lowest BCUT2D eigenvalue weighted by Crippen LogP contribution is -2.32. The van der Waals surface area contributed by atoms with E-state index in [-0.39, 0.29) is 5.91 Å². The molecular weight excluding hydrogens is 218 g/mol. The maximum absolute atomic E-state index is 11.5. The first-order valence-corrected chi connectivity index (χ1v) is 5.05. The van der Waals surface area contributed by atoms with Gasteiger partial charge in [0.25, 0.3) is 5.91 Å². The molecule has 0 saturated heterocycles. The fourth-order valence-electron chi connectivity index (χ4n) is 1.83. The monoisotopic (exact) mass is 227 g/mol. The van der Waals surface area contributed by atoms with Crippen LogP contribution in [0.25, 0.3) is 16.8 Å². The van der Waals surface area contributed by atoms with Crippen LogP contribution < -0.4 is 10.3 Å². The second-order valence-electron chi connectivity index (χ2n) is 3.66. The predicted molar refractivity (Wildman–Crippen MR) is 61.8 cm³/mol. The van der Waals surface area contributed by atoms with Crippen molar-refractivity contribution in [1.29, 1.82) is 0 Å². The van der Waals surface area contributed by atoms with Crippen molar-refractivity contribution in [3.63, 3.8) is 0 Å². The van der Waals surface area contributed by atoms with Crippen LogP contribution in [0.4, 0.5) is 0 Å². The Balaban J connectivity index is 2.25. The van der Waals surface area contributed by atoms with Gasteiger partial charge < -0.3 is 9.82 Å². The van der Waals surface area contributed by atoms with Gasteiger partial charge in [0.05, 0.1) is 18.2 Å². The van der Waals surface area contributed by atoms with Gasteiger partial charge in [-0.2, -0.15) is 5.48 Å². The van der Waals surface area contributed by atoms with Gasteiger partial charge in [0.1, 0.15) is 0 Å². The molecule has 1 aliphatic rings. The maximum Gasteiger partial charge on any atom is 0.284 e. The van der Waals surface area contributed by atoms with Crippen LogP contribution in [0.2, 0.25) is 0 Å². The number of aromatic amines is 1. The Bertz CT molecular complexity index is 602. The normalized spacial score (nSPS) is 13.9. The molecule has 5 heteroatoms. The fourth-order valence-corrected chi connectivity index (χ4v) is 1.83. The summed E-state index contributed by atoms with van der Waals surface area (Å²) in [5.74, 6) is 0.256. The van der Waals surface area contributed by atoms with Crippen molar-refractivity contribution in [3.8, 4) is 17.0 Å². The highest BCUT2D eigenvalue weighted by atomic mass is 16.7. The molecule has 1 amide bonds. The number of fused-ring (bicyclic) bond motifs is 1. The molecule has 2 aromatic rings. The van der Waals surface area contributed by atoms with E-state index >= 15 is 0 Å². The lowest BCUT2D eigenvalue weighted by atomic mass is 9.96. The number of hydroxylamine groups is 1. The number of carbonyl (C=O) groups excluding carboxylic acids is 1. The second-order valence-corrected chi connectivity index (χ2v) is 3.66. The Morgan fingerprint density at radius 3 is 3.00 bits per heavy atom. The van der Waals surface area contributed by atoms with Crippen LogP contribution in [0.15, 0.2) is 37.3 Å². The van der Waals surface area contributed by atoms with E-state index < -0.39 is 0 Å². The Morgan fingerprint density at radius 2 is 2.24 bits per heavy atom. The third-order valence-electron chi connectivity index (χ3n) is 2.64. The number of benzene rings is 1. The van der Waals surface area contributed by atoms with Crippen molar-refractivity contribution in [2.24, 2.45) is 0 Å². The van der Waals surface area contributed by atoms with Gasteiger partial charge in [0.2, 0.25) is 0 Å². The molecule has 0 saturated carbocycles. The molecule has 1 aliphatic heterocycles. The van der Waals surface area contributed by atoms with Gasteiger partial charge in [-0.15, -0.1) is 0 Å². The van der Waals surface area contributed by atoms with E-state index in [4.69, 9.17) is 4.84 Å². The summed E-state index contributed by atoms with van der Waals surface area (Å²) >= 11 is 0. The molecule has 0 aliphatic carbocycles. The molecule has 5 nitrogen and oxygen atoms in total. The summed E-state index contributed by atoms with van der Waals surface area (Å²) in [4.78, 5) is 23.6. The van der Waals surface area contributed by atoms with Gasteiger partial charge in [-0.1, -0.05) is 18.7 Å². The van der Waals surface area contributed by atoms with E-state index in [0.29, 0.717) is 16.9 Å². The first-order chi connectivity index (χ1) is 8.27. The van der Waals surface area contributed by atoms with Crippen LogP contribution in [0, 0.1) is 0 Å². The number of aromatic nitrogens is 2. The molecule has 0 unspecified atom stereocenters. The van der Waals surface area contributed by atoms with Crippen molar-refractivity contribution >= 4 is 11.5 Å². The Labute approximate surface area is 97.1 Å². The Kier molecular flexibility index (Phi) is 1.98. The summed E-state index contributed by atoms with van der Waals surface area (Å²) in [6.45, 7) is 3.78. The van der Waals surface area contributed by atoms with Gasteiger partial charge in [0, 0.05) is 16.7 Å². The van der Waals surface area contributed by atoms with Crippen LogP contribution >= 0.6 is 0 Å². The molecule has 0 spiro atoms. The van der Waals surface area contributed by atoms with Crippen LogP contribution in [0.1, 0.15) is 5.56 Å². The number of hydrogen-bond donors (Lipinski definition) is 2. The molecule has 2 heterocycles. The average Bonchev–Trinajstić information content (AvgIpc) is 2.87. The first-order valence-electron chi connectivity index (χ1n) is 5.05. The molecule has 3 rings (SSSR count). The lowest BCUT2D eigenvalue weighted by Gasteiger charge is -2.20. The van der Waals surface area contributed by atoms with E-state index in [1.807, 2.05) is 12.1 Å². The standard InChI is InChI=1S/C12H9N3O2/c1-7-11-8(9-5-13-6-14-9)3-2-4-10(11)17-15-12(7)16/h2-6H,1H2,(H,13,14)(H,15,16). The van der Waals surface area contributed by atoms with Crippen LogP contribution in [0.5, 0.6) is 5.75 Å². The summed E-state index contributed by atoms with van der Waals surface area (Å²) < 4.78 is 0. The number of imidazole rings is 1. The van der Waals surface area contributed by atoms with Crippen molar-refractivity contribution in [2.75, 3.05) is 0 Å². The molecule has 2 N–H and O–H groups in total. The van der Waals surface area contributed by atoms with Crippen LogP contribution in [0.3, 0.4) is 0 Å². The van der Waals surface area contributed by atoms with Crippen molar-refractivity contribution < 1.29 is 9.63 Å². The van der Waals surface area contributed by atoms with E-state index in [1.54, 1.807) is 18.6 Å². The van der Waals surface area contributed by atoms with Crippen LogP contribution in [-0.2, 0) is 4.79 Å². The molecule has 0 fully saturated rings. The molecular formula is C12H9N3O2. The average molecular weight is 227 g/mol. The zero-order valence-corrected chi connectivity index (χ0v) is 8.86. The van der Waals surface area contributed by atoms with Gasteiger partial charge in [0.15, 0.2) is 5.75 Å². The molecule has 1 aromatic carbocycles.